The van der Waals surface area contributed by atoms with Crippen molar-refractivity contribution < 1.29 is 14.7 Å². The molecule has 0 bridgehead atoms. The van der Waals surface area contributed by atoms with Gasteiger partial charge < -0.3 is 15.3 Å². The third-order valence-corrected chi connectivity index (χ3v) is 4.92. The molecular weight excluding hydrogens is 322 g/mol. The fourth-order valence-electron chi connectivity index (χ4n) is 3.78. The third kappa shape index (κ3) is 3.09. The summed E-state index contributed by atoms with van der Waals surface area (Å²) in [6.45, 7) is 8.31. The van der Waals surface area contributed by atoms with E-state index in [4.69, 9.17) is 0 Å². The number of nitrogens with one attached hydrogen (secondary N) is 1. The van der Waals surface area contributed by atoms with Gasteiger partial charge in [0.2, 0.25) is 11.9 Å². The number of carbonyl (C=O) groups excluding carboxylic acids is 1. The summed E-state index contributed by atoms with van der Waals surface area (Å²) in [5.74, 6) is -0.934. The van der Waals surface area contributed by atoms with E-state index in [9.17, 15) is 14.7 Å². The molecule has 2 atom stereocenters. The second-order valence-corrected chi connectivity index (χ2v) is 6.64. The Hall–Kier alpha value is -2.48. The molecule has 2 aliphatic heterocycles. The Morgan fingerprint density at radius 2 is 2.20 bits per heavy atom. The molecule has 8 nitrogen and oxygen atoms in total. The molecule has 0 saturated carbocycles. The lowest BCUT2D eigenvalue weighted by Crippen LogP contribution is -2.40. The van der Waals surface area contributed by atoms with Crippen LogP contribution < -0.4 is 5.32 Å². The predicted octanol–water partition coefficient (Wildman–Crippen LogP) is 0.439. The van der Waals surface area contributed by atoms with Crippen LogP contribution in [0, 0.1) is 11.3 Å². The van der Waals surface area contributed by atoms with Gasteiger partial charge in [-0.1, -0.05) is 6.08 Å². The molecule has 0 unspecified atom stereocenters. The number of aromatic nitrogens is 2. The van der Waals surface area contributed by atoms with E-state index in [1.165, 1.54) is 0 Å². The maximum atomic E-state index is 12.6. The van der Waals surface area contributed by atoms with Crippen molar-refractivity contribution in [3.8, 4) is 0 Å². The molecule has 134 valence electrons. The van der Waals surface area contributed by atoms with Crippen LogP contribution in [-0.2, 0) is 16.1 Å². The number of amides is 1. The second-order valence-electron chi connectivity index (χ2n) is 6.64. The first-order valence-corrected chi connectivity index (χ1v) is 8.40. The maximum absolute atomic E-state index is 12.6. The maximum Gasteiger partial charge on any atom is 0.313 e. The average Bonchev–Trinajstić information content (AvgIpc) is 3.06. The molecule has 25 heavy (non-hydrogen) atoms. The highest BCUT2D eigenvalue weighted by Crippen LogP contribution is 2.44. The van der Waals surface area contributed by atoms with Crippen LogP contribution in [0.25, 0.3) is 0 Å². The van der Waals surface area contributed by atoms with Crippen LogP contribution in [0.4, 0.5) is 5.95 Å². The smallest absolute Gasteiger partial charge is 0.313 e. The minimum atomic E-state index is -1.04. The van der Waals surface area contributed by atoms with E-state index in [0.717, 1.165) is 12.1 Å². The quantitative estimate of drug-likeness (QED) is 0.692. The molecule has 0 spiro atoms. The third-order valence-electron chi connectivity index (χ3n) is 4.92. The summed E-state index contributed by atoms with van der Waals surface area (Å²) in [6, 6.07) is 0. The van der Waals surface area contributed by atoms with E-state index in [0.29, 0.717) is 32.1 Å². The van der Waals surface area contributed by atoms with Gasteiger partial charge in [-0.05, 0) is 6.92 Å². The normalized spacial score (nSPS) is 25.9. The lowest BCUT2D eigenvalue weighted by atomic mass is 9.81. The molecule has 1 amide bonds. The number of nitrogens with zero attached hydrogens (tertiary/aromatic N) is 4. The van der Waals surface area contributed by atoms with Crippen molar-refractivity contribution in [2.75, 3.05) is 38.0 Å². The van der Waals surface area contributed by atoms with Gasteiger partial charge in [-0.15, -0.1) is 6.58 Å². The van der Waals surface area contributed by atoms with Crippen LogP contribution in [0.3, 0.4) is 0 Å². The highest BCUT2D eigenvalue weighted by molar-refractivity contribution is 5.92. The summed E-state index contributed by atoms with van der Waals surface area (Å²) < 4.78 is 0. The largest absolute Gasteiger partial charge is 0.481 e. The lowest BCUT2D eigenvalue weighted by Gasteiger charge is -2.24. The minimum absolute atomic E-state index is 0.0939. The van der Waals surface area contributed by atoms with E-state index < -0.39 is 17.3 Å². The summed E-state index contributed by atoms with van der Waals surface area (Å²) in [4.78, 5) is 36.6. The number of carboxylic acid groups (broad SMARTS) is 1. The number of rotatable bonds is 7. The van der Waals surface area contributed by atoms with Crippen molar-refractivity contribution in [2.24, 2.45) is 11.3 Å². The Bertz CT molecular complexity index is 677. The zero-order valence-corrected chi connectivity index (χ0v) is 14.3. The molecule has 2 N–H and O–H groups in total. The van der Waals surface area contributed by atoms with Crippen molar-refractivity contribution in [3.05, 3.63) is 30.6 Å². The Labute approximate surface area is 146 Å². The standard InChI is InChI=1S/C17H23N5O3/c1-3-5-22-11-17(15(24)25)10-21(9-13(17)14(22)23)8-12-6-19-16(18-4-2)20-7-12/h3,6-7,13H,1,4-5,8-11H2,2H3,(H,24,25)(H,18,19,20)/t13-,17-/m0/s1. The van der Waals surface area contributed by atoms with Crippen molar-refractivity contribution >= 4 is 17.8 Å². The Morgan fingerprint density at radius 1 is 1.48 bits per heavy atom. The number of anilines is 1. The number of hydrogen-bond donors (Lipinski definition) is 2. The molecule has 0 aliphatic carbocycles. The number of carboxylic acids is 1. The van der Waals surface area contributed by atoms with Crippen molar-refractivity contribution in [3.63, 3.8) is 0 Å². The van der Waals surface area contributed by atoms with Crippen molar-refractivity contribution in [2.45, 2.75) is 13.5 Å². The molecule has 1 aromatic heterocycles. The van der Waals surface area contributed by atoms with E-state index in [1.54, 1.807) is 23.4 Å². The van der Waals surface area contributed by atoms with Crippen molar-refractivity contribution in [1.82, 2.24) is 19.8 Å². The number of likely N-dealkylation sites (tertiary alicyclic amines) is 2. The van der Waals surface area contributed by atoms with Gasteiger partial charge >= 0.3 is 5.97 Å². The van der Waals surface area contributed by atoms with Crippen LogP contribution in [0.1, 0.15) is 12.5 Å². The molecule has 2 fully saturated rings. The molecule has 2 saturated heterocycles. The van der Waals surface area contributed by atoms with Gasteiger partial charge in [0.25, 0.3) is 0 Å². The van der Waals surface area contributed by atoms with Crippen LogP contribution >= 0.6 is 0 Å². The molecule has 0 aromatic carbocycles. The fourth-order valence-corrected chi connectivity index (χ4v) is 3.78. The zero-order valence-electron chi connectivity index (χ0n) is 14.3. The summed E-state index contributed by atoms with van der Waals surface area (Å²) in [5, 5.41) is 12.8. The highest BCUT2D eigenvalue weighted by Gasteiger charge is 2.61. The minimum Gasteiger partial charge on any atom is -0.481 e. The first-order chi connectivity index (χ1) is 12.0. The van der Waals surface area contributed by atoms with Crippen LogP contribution in [-0.4, -0.2) is 69.5 Å². The van der Waals surface area contributed by atoms with Gasteiger partial charge in [0.15, 0.2) is 0 Å². The van der Waals surface area contributed by atoms with Crippen LogP contribution in [0.2, 0.25) is 0 Å². The Morgan fingerprint density at radius 3 is 2.76 bits per heavy atom. The summed E-state index contributed by atoms with van der Waals surface area (Å²) in [5.41, 5.74) is -0.137. The molecule has 3 rings (SSSR count). The first kappa shape index (κ1) is 17.3. The molecule has 1 aromatic rings. The number of aliphatic carboxylic acids is 1. The first-order valence-electron chi connectivity index (χ1n) is 8.40. The molecule has 2 aliphatic rings. The monoisotopic (exact) mass is 345 g/mol. The zero-order chi connectivity index (χ0) is 18.0. The van der Waals surface area contributed by atoms with Gasteiger partial charge in [-0.25, -0.2) is 9.97 Å². The molecule has 8 heteroatoms. The fraction of sp³-hybridized carbons (Fsp3) is 0.529. The summed E-state index contributed by atoms with van der Waals surface area (Å²) >= 11 is 0. The van der Waals surface area contributed by atoms with E-state index in [2.05, 4.69) is 21.9 Å². The van der Waals surface area contributed by atoms with Gasteiger partial charge in [0, 0.05) is 57.2 Å². The van der Waals surface area contributed by atoms with Gasteiger partial charge in [-0.2, -0.15) is 0 Å². The average molecular weight is 345 g/mol. The number of hydrogen-bond acceptors (Lipinski definition) is 6. The second kappa shape index (κ2) is 6.79. The van der Waals surface area contributed by atoms with Crippen LogP contribution in [0.5, 0.6) is 0 Å². The molecular formula is C17H23N5O3. The summed E-state index contributed by atoms with van der Waals surface area (Å²) in [7, 11) is 0. The number of fused-ring (bicyclic) bond motifs is 1. The van der Waals surface area contributed by atoms with E-state index in [1.807, 2.05) is 11.8 Å². The SMILES string of the molecule is C=CCN1C[C@@]2(C(=O)O)CN(Cc3cnc(NCC)nc3)C[C@H]2C1=O. The Balaban J connectivity index is 1.72. The highest BCUT2D eigenvalue weighted by atomic mass is 16.4. The van der Waals surface area contributed by atoms with Crippen LogP contribution in [0.15, 0.2) is 25.0 Å². The van der Waals surface area contributed by atoms with Crippen molar-refractivity contribution in [1.29, 1.82) is 0 Å². The molecule has 0 radical (unpaired) electrons. The topological polar surface area (TPSA) is 98.7 Å². The Kier molecular flexibility index (Phi) is 4.71. The lowest BCUT2D eigenvalue weighted by molar-refractivity contribution is -0.149. The van der Waals surface area contributed by atoms with Gasteiger partial charge in [-0.3, -0.25) is 14.5 Å². The van der Waals surface area contributed by atoms with E-state index in [-0.39, 0.29) is 12.5 Å². The number of carbonyl (C=O) groups is 2. The summed E-state index contributed by atoms with van der Waals surface area (Å²) in [6.07, 6.45) is 5.10. The van der Waals surface area contributed by atoms with E-state index >= 15 is 0 Å². The van der Waals surface area contributed by atoms with Gasteiger partial charge in [0.1, 0.15) is 5.41 Å². The van der Waals surface area contributed by atoms with Gasteiger partial charge in [0.05, 0.1) is 5.92 Å². The molecule has 3 heterocycles. The predicted molar refractivity (Wildman–Crippen MR) is 91.8 cm³/mol.